The second kappa shape index (κ2) is 6.46. The Bertz CT molecular complexity index is 1160. The molecule has 0 radical (unpaired) electrons. The van der Waals surface area contributed by atoms with Gasteiger partial charge in [-0.15, -0.1) is 6.58 Å². The van der Waals surface area contributed by atoms with Crippen LogP contribution in [0.5, 0.6) is 0 Å². The van der Waals surface area contributed by atoms with Crippen LogP contribution in [0.3, 0.4) is 0 Å². The number of carbonyl (C=O) groups is 2. The zero-order valence-corrected chi connectivity index (χ0v) is 18.1. The molecular weight excluding hydrogens is 410 g/mol. The van der Waals surface area contributed by atoms with E-state index in [-0.39, 0.29) is 12.3 Å². The first-order valence-corrected chi connectivity index (χ1v) is 10.4. The summed E-state index contributed by atoms with van der Waals surface area (Å²) >= 11 is 0. The van der Waals surface area contributed by atoms with Gasteiger partial charge in [0.25, 0.3) is 5.91 Å². The second-order valence-corrected chi connectivity index (χ2v) is 8.89. The molecule has 0 saturated carbocycles. The molecule has 1 unspecified atom stereocenters. The Kier molecular flexibility index (Phi) is 4.10. The first kappa shape index (κ1) is 20.3. The molecule has 1 saturated heterocycles. The highest BCUT2D eigenvalue weighted by Crippen LogP contribution is 2.64. The van der Waals surface area contributed by atoms with Crippen LogP contribution < -0.4 is 10.4 Å². The summed E-state index contributed by atoms with van der Waals surface area (Å²) in [6.07, 6.45) is 6.65. The number of nitrogens with one attached hydrogen (secondary N) is 2. The molecule has 0 aliphatic carbocycles. The summed E-state index contributed by atoms with van der Waals surface area (Å²) in [6.45, 7) is 7.96. The molecule has 3 N–H and O–H groups in total. The first-order chi connectivity index (χ1) is 15.2. The summed E-state index contributed by atoms with van der Waals surface area (Å²) in [5.74, 6) is -2.88. The standard InChI is InChI=1S/C23H25N5O4/c1-5-21(2,3)22-11-18(29)20(31)27-17(10-14-12-24-13-25-14)19(30)26-23(22,27)28(32-4)16-9-7-6-8-15(16)22/h5-9,11-13,17,29H,1,10H2,2-4H3,(H,24,25)(H,26,30)/t17?,22-,23-/m0/s1. The number of imidazole rings is 1. The van der Waals surface area contributed by atoms with Gasteiger partial charge in [0.1, 0.15) is 6.04 Å². The predicted octanol–water partition coefficient (Wildman–Crippen LogP) is 1.92. The molecule has 1 aromatic heterocycles. The van der Waals surface area contributed by atoms with Gasteiger partial charge < -0.3 is 15.4 Å². The van der Waals surface area contributed by atoms with Crippen molar-refractivity contribution < 1.29 is 19.5 Å². The van der Waals surface area contributed by atoms with Crippen molar-refractivity contribution in [3.05, 3.63) is 72.5 Å². The molecule has 9 nitrogen and oxygen atoms in total. The fraction of sp³-hybridized carbons (Fsp3) is 0.348. The lowest BCUT2D eigenvalue weighted by Gasteiger charge is -2.57. The molecule has 1 fully saturated rings. The highest BCUT2D eigenvalue weighted by Gasteiger charge is 2.77. The number of carbonyl (C=O) groups excluding carboxylic acids is 2. The average Bonchev–Trinajstić information content (AvgIpc) is 3.44. The molecule has 32 heavy (non-hydrogen) atoms. The number of para-hydroxylation sites is 1. The zero-order chi connectivity index (χ0) is 22.9. The molecule has 1 spiro atoms. The van der Waals surface area contributed by atoms with Crippen LogP contribution in [0.1, 0.15) is 25.1 Å². The summed E-state index contributed by atoms with van der Waals surface area (Å²) in [4.78, 5) is 41.2. The van der Waals surface area contributed by atoms with Gasteiger partial charge in [0.15, 0.2) is 5.76 Å². The van der Waals surface area contributed by atoms with E-state index < -0.39 is 34.3 Å². The van der Waals surface area contributed by atoms with Crippen molar-refractivity contribution in [2.45, 2.75) is 37.5 Å². The van der Waals surface area contributed by atoms with Gasteiger partial charge in [-0.1, -0.05) is 38.1 Å². The number of aliphatic hydroxyl groups excluding tert-OH is 1. The molecule has 1 aromatic carbocycles. The fourth-order valence-corrected chi connectivity index (χ4v) is 5.62. The maximum Gasteiger partial charge on any atom is 0.292 e. The number of allylic oxidation sites excluding steroid dienone is 1. The zero-order valence-electron chi connectivity index (χ0n) is 18.1. The third-order valence-corrected chi connectivity index (χ3v) is 7.12. The van der Waals surface area contributed by atoms with E-state index in [0.29, 0.717) is 11.4 Å². The molecule has 0 bridgehead atoms. The topological polar surface area (TPSA) is 111 Å². The normalized spacial score (nSPS) is 28.7. The number of hydrogen-bond acceptors (Lipinski definition) is 6. The average molecular weight is 435 g/mol. The third kappa shape index (κ3) is 2.13. The van der Waals surface area contributed by atoms with E-state index in [1.807, 2.05) is 38.1 Å². The number of aromatic amines is 1. The Labute approximate surface area is 185 Å². The number of rotatable bonds is 5. The van der Waals surface area contributed by atoms with E-state index in [2.05, 4.69) is 21.9 Å². The maximum absolute atomic E-state index is 13.5. The van der Waals surface area contributed by atoms with Crippen molar-refractivity contribution >= 4 is 17.5 Å². The number of hydroxylamine groups is 1. The Morgan fingerprint density at radius 2 is 2.09 bits per heavy atom. The van der Waals surface area contributed by atoms with Crippen LogP contribution in [0.4, 0.5) is 5.69 Å². The van der Waals surface area contributed by atoms with E-state index in [1.54, 1.807) is 23.4 Å². The number of anilines is 1. The van der Waals surface area contributed by atoms with Crippen LogP contribution in [-0.2, 0) is 26.3 Å². The highest BCUT2D eigenvalue weighted by molar-refractivity contribution is 6.02. The van der Waals surface area contributed by atoms with Gasteiger partial charge in [-0.25, -0.2) is 10.0 Å². The van der Waals surface area contributed by atoms with Crippen molar-refractivity contribution in [3.63, 3.8) is 0 Å². The second-order valence-electron chi connectivity index (χ2n) is 8.89. The first-order valence-electron chi connectivity index (χ1n) is 10.4. The van der Waals surface area contributed by atoms with Gasteiger partial charge in [-0.2, -0.15) is 0 Å². The van der Waals surface area contributed by atoms with Gasteiger partial charge in [-0.05, 0) is 17.7 Å². The van der Waals surface area contributed by atoms with E-state index in [1.165, 1.54) is 18.3 Å². The minimum absolute atomic E-state index is 0.200. The Morgan fingerprint density at radius 3 is 2.75 bits per heavy atom. The lowest BCUT2D eigenvalue weighted by atomic mass is 9.57. The van der Waals surface area contributed by atoms with E-state index >= 15 is 0 Å². The lowest BCUT2D eigenvalue weighted by Crippen LogP contribution is -2.77. The lowest BCUT2D eigenvalue weighted by molar-refractivity contribution is -0.151. The maximum atomic E-state index is 13.5. The quantitative estimate of drug-likeness (QED) is 0.619. The molecule has 9 heteroatoms. The fourth-order valence-electron chi connectivity index (χ4n) is 5.62. The smallest absolute Gasteiger partial charge is 0.292 e. The summed E-state index contributed by atoms with van der Waals surface area (Å²) in [7, 11) is 1.50. The number of benzene rings is 1. The van der Waals surface area contributed by atoms with Crippen LogP contribution in [0.2, 0.25) is 0 Å². The van der Waals surface area contributed by atoms with Crippen molar-refractivity contribution in [2.75, 3.05) is 12.2 Å². The summed E-state index contributed by atoms with van der Waals surface area (Å²) < 4.78 is 0. The van der Waals surface area contributed by atoms with Gasteiger partial charge in [0, 0.05) is 23.7 Å². The summed E-state index contributed by atoms with van der Waals surface area (Å²) in [5, 5.41) is 15.6. The van der Waals surface area contributed by atoms with Crippen LogP contribution in [-0.4, -0.2) is 50.7 Å². The van der Waals surface area contributed by atoms with E-state index in [9.17, 15) is 14.7 Å². The minimum atomic E-state index is -1.45. The van der Waals surface area contributed by atoms with E-state index in [0.717, 1.165) is 5.56 Å². The van der Waals surface area contributed by atoms with Gasteiger partial charge >= 0.3 is 0 Å². The largest absolute Gasteiger partial charge is 0.503 e. The number of aromatic nitrogens is 2. The van der Waals surface area contributed by atoms with E-state index in [4.69, 9.17) is 4.84 Å². The van der Waals surface area contributed by atoms with Crippen LogP contribution in [0, 0.1) is 5.41 Å². The van der Waals surface area contributed by atoms with Gasteiger partial charge in [0.05, 0.1) is 24.5 Å². The molecule has 166 valence electrons. The molecule has 3 aliphatic rings. The summed E-state index contributed by atoms with van der Waals surface area (Å²) in [6, 6.07) is 6.65. The Balaban J connectivity index is 1.84. The number of nitrogens with zero attached hydrogens (tertiary/aromatic N) is 3. The predicted molar refractivity (Wildman–Crippen MR) is 116 cm³/mol. The van der Waals surface area contributed by atoms with Gasteiger partial charge in [0.2, 0.25) is 11.7 Å². The monoisotopic (exact) mass is 435 g/mol. The van der Waals surface area contributed by atoms with Gasteiger partial charge in [-0.3, -0.25) is 19.3 Å². The molecule has 3 aliphatic heterocycles. The van der Waals surface area contributed by atoms with Crippen molar-refractivity contribution in [2.24, 2.45) is 5.41 Å². The SMILES string of the molecule is C=CC(C)(C)[C@@]12C=C(O)C(=O)N3C(Cc4cnc[nH]4)C(=O)N[C@]31N(OC)c1ccccc12. The number of fused-ring (bicyclic) bond motifs is 2. The number of H-pyrrole nitrogens is 1. The highest BCUT2D eigenvalue weighted by atomic mass is 16.7. The van der Waals surface area contributed by atoms with Crippen molar-refractivity contribution in [1.82, 2.24) is 20.2 Å². The number of amides is 2. The van der Waals surface area contributed by atoms with Crippen LogP contribution in [0.25, 0.3) is 0 Å². The van der Waals surface area contributed by atoms with Crippen molar-refractivity contribution in [1.29, 1.82) is 0 Å². The molecule has 3 atom stereocenters. The molecule has 2 amide bonds. The number of aliphatic hydroxyl groups is 1. The molecule has 4 heterocycles. The molecule has 5 rings (SSSR count). The van der Waals surface area contributed by atoms with Crippen molar-refractivity contribution in [3.8, 4) is 0 Å². The minimum Gasteiger partial charge on any atom is -0.503 e. The summed E-state index contributed by atoms with van der Waals surface area (Å²) in [5.41, 5.74) is 0.371. The molecular formula is C23H25N5O4. The van der Waals surface area contributed by atoms with Crippen LogP contribution >= 0.6 is 0 Å². The Hall–Kier alpha value is -3.59. The van der Waals surface area contributed by atoms with Crippen LogP contribution in [0.15, 0.2) is 61.3 Å². The molecule has 2 aromatic rings. The number of hydrogen-bond donors (Lipinski definition) is 3. The Morgan fingerprint density at radius 1 is 1.34 bits per heavy atom. The third-order valence-electron chi connectivity index (χ3n) is 7.12.